The van der Waals surface area contributed by atoms with Crippen LogP contribution in [0, 0.1) is 5.92 Å². The maximum Gasteiger partial charge on any atom is 0.315 e. The lowest BCUT2D eigenvalue weighted by molar-refractivity contribution is 0.221. The van der Waals surface area contributed by atoms with E-state index in [4.69, 9.17) is 4.74 Å². The van der Waals surface area contributed by atoms with Gasteiger partial charge in [0.25, 0.3) is 0 Å². The minimum atomic E-state index is -0.0661. The highest BCUT2D eigenvalue weighted by molar-refractivity contribution is 5.84. The maximum atomic E-state index is 12.1. The lowest BCUT2D eigenvalue weighted by atomic mass is 9.86. The van der Waals surface area contributed by atoms with Crippen LogP contribution in [-0.4, -0.2) is 19.2 Å². The molecular weight excluding hydrogens is 300 g/mol. The molecular formula is C20H26N2O2. The molecule has 1 saturated carbocycles. The number of methoxy groups -OCH3 is 1. The fourth-order valence-corrected chi connectivity index (χ4v) is 3.44. The molecule has 4 heteroatoms. The molecule has 2 amide bonds. The quantitative estimate of drug-likeness (QED) is 0.883. The Bertz CT molecular complexity index is 714. The summed E-state index contributed by atoms with van der Waals surface area (Å²) in [6, 6.07) is 12.5. The number of benzene rings is 2. The average molecular weight is 326 g/mol. The summed E-state index contributed by atoms with van der Waals surface area (Å²) < 4.78 is 5.25. The second-order valence-corrected chi connectivity index (χ2v) is 6.74. The van der Waals surface area contributed by atoms with Crippen LogP contribution in [0.4, 0.5) is 4.79 Å². The van der Waals surface area contributed by atoms with Crippen molar-refractivity contribution in [2.24, 2.45) is 5.92 Å². The summed E-state index contributed by atoms with van der Waals surface area (Å²) in [4.78, 5) is 12.1. The monoisotopic (exact) mass is 326 g/mol. The number of hydrogen-bond donors (Lipinski definition) is 2. The Morgan fingerprint density at radius 2 is 1.88 bits per heavy atom. The highest BCUT2D eigenvalue weighted by Gasteiger charge is 2.22. The van der Waals surface area contributed by atoms with Crippen LogP contribution in [0.1, 0.15) is 38.2 Å². The molecule has 2 N–H and O–H groups in total. The molecule has 0 radical (unpaired) electrons. The van der Waals surface area contributed by atoms with Crippen LogP contribution in [-0.2, 0) is 6.54 Å². The normalized spacial score (nSPS) is 20.6. The second kappa shape index (κ2) is 7.56. The van der Waals surface area contributed by atoms with Gasteiger partial charge in [-0.25, -0.2) is 4.79 Å². The molecule has 1 fully saturated rings. The Morgan fingerprint density at radius 3 is 2.67 bits per heavy atom. The number of hydrogen-bond acceptors (Lipinski definition) is 2. The topological polar surface area (TPSA) is 50.4 Å². The zero-order chi connectivity index (χ0) is 16.9. The lowest BCUT2D eigenvalue weighted by Gasteiger charge is -2.29. The molecule has 0 heterocycles. The number of carbonyl (C=O) groups excluding carboxylic acids is 1. The largest absolute Gasteiger partial charge is 0.497 e. The van der Waals surface area contributed by atoms with Crippen molar-refractivity contribution in [3.8, 4) is 5.75 Å². The Morgan fingerprint density at radius 1 is 1.12 bits per heavy atom. The van der Waals surface area contributed by atoms with Gasteiger partial charge in [-0.3, -0.25) is 0 Å². The number of fused-ring (bicyclic) bond motifs is 1. The molecule has 24 heavy (non-hydrogen) atoms. The van der Waals surface area contributed by atoms with E-state index in [1.165, 1.54) is 19.3 Å². The molecule has 0 aromatic heterocycles. The molecule has 0 bridgehead atoms. The van der Waals surface area contributed by atoms with Gasteiger partial charge in [0.2, 0.25) is 0 Å². The van der Waals surface area contributed by atoms with Gasteiger partial charge in [-0.1, -0.05) is 38.0 Å². The molecule has 0 unspecified atom stereocenters. The fourth-order valence-electron chi connectivity index (χ4n) is 3.44. The molecule has 2 aromatic rings. The van der Waals surface area contributed by atoms with Crippen LogP contribution in [0.15, 0.2) is 36.4 Å². The predicted octanol–water partition coefficient (Wildman–Crippen LogP) is 4.23. The summed E-state index contributed by atoms with van der Waals surface area (Å²) in [5, 5.41) is 8.39. The van der Waals surface area contributed by atoms with E-state index in [0.717, 1.165) is 28.5 Å². The SMILES string of the molecule is COc1ccc2cc(CNC(=O)N[C@@H]3CCCC[C@H]3C)ccc2c1. The van der Waals surface area contributed by atoms with Gasteiger partial charge in [0.1, 0.15) is 5.75 Å². The van der Waals surface area contributed by atoms with Crippen molar-refractivity contribution >= 4 is 16.8 Å². The number of urea groups is 1. The molecule has 0 saturated heterocycles. The molecule has 128 valence electrons. The summed E-state index contributed by atoms with van der Waals surface area (Å²) in [5.74, 6) is 1.43. The Kier molecular flexibility index (Phi) is 5.24. The van der Waals surface area contributed by atoms with Crippen molar-refractivity contribution in [2.75, 3.05) is 7.11 Å². The van der Waals surface area contributed by atoms with E-state index in [9.17, 15) is 4.79 Å². The van der Waals surface area contributed by atoms with Gasteiger partial charge >= 0.3 is 6.03 Å². The molecule has 0 spiro atoms. The Labute approximate surface area is 143 Å². The lowest BCUT2D eigenvalue weighted by Crippen LogP contribution is -2.45. The van der Waals surface area contributed by atoms with E-state index in [-0.39, 0.29) is 6.03 Å². The molecule has 2 atom stereocenters. The van der Waals surface area contributed by atoms with Gasteiger partial charge < -0.3 is 15.4 Å². The highest BCUT2D eigenvalue weighted by atomic mass is 16.5. The van der Waals surface area contributed by atoms with Crippen molar-refractivity contribution in [1.82, 2.24) is 10.6 Å². The molecule has 2 aromatic carbocycles. The number of rotatable bonds is 4. The first-order valence-electron chi connectivity index (χ1n) is 8.77. The van der Waals surface area contributed by atoms with Crippen molar-refractivity contribution in [3.05, 3.63) is 42.0 Å². The van der Waals surface area contributed by atoms with Gasteiger partial charge in [0.05, 0.1) is 7.11 Å². The smallest absolute Gasteiger partial charge is 0.315 e. The third-order valence-corrected chi connectivity index (χ3v) is 4.99. The van der Waals surface area contributed by atoms with Crippen LogP contribution < -0.4 is 15.4 Å². The zero-order valence-corrected chi connectivity index (χ0v) is 14.5. The number of carbonyl (C=O) groups is 1. The van der Waals surface area contributed by atoms with E-state index in [1.807, 2.05) is 24.3 Å². The summed E-state index contributed by atoms with van der Waals surface area (Å²) in [5.41, 5.74) is 1.10. The molecule has 4 nitrogen and oxygen atoms in total. The Balaban J connectivity index is 1.57. The minimum Gasteiger partial charge on any atom is -0.497 e. The molecule has 1 aliphatic rings. The van der Waals surface area contributed by atoms with E-state index < -0.39 is 0 Å². The van der Waals surface area contributed by atoms with Crippen LogP contribution >= 0.6 is 0 Å². The van der Waals surface area contributed by atoms with Crippen molar-refractivity contribution in [2.45, 2.75) is 45.2 Å². The maximum absolute atomic E-state index is 12.1. The standard InChI is InChI=1S/C20H26N2O2/c1-14-5-3-4-6-19(14)22-20(23)21-13-15-7-8-17-12-18(24-2)10-9-16(17)11-15/h7-12,14,19H,3-6,13H2,1-2H3,(H2,21,22,23)/t14-,19-/m1/s1. The van der Waals surface area contributed by atoms with Gasteiger partial charge in [-0.15, -0.1) is 0 Å². The third-order valence-electron chi connectivity index (χ3n) is 4.99. The minimum absolute atomic E-state index is 0.0661. The van der Waals surface area contributed by atoms with Gasteiger partial charge in [0.15, 0.2) is 0 Å². The van der Waals surface area contributed by atoms with Gasteiger partial charge in [0, 0.05) is 12.6 Å². The summed E-state index contributed by atoms with van der Waals surface area (Å²) in [6.07, 6.45) is 4.79. The van der Waals surface area contributed by atoms with E-state index >= 15 is 0 Å². The summed E-state index contributed by atoms with van der Waals surface area (Å²) in [6.45, 7) is 2.76. The van der Waals surface area contributed by atoms with Crippen LogP contribution in [0.3, 0.4) is 0 Å². The number of nitrogens with one attached hydrogen (secondary N) is 2. The van der Waals surface area contributed by atoms with E-state index in [2.05, 4.69) is 29.7 Å². The van der Waals surface area contributed by atoms with Crippen molar-refractivity contribution in [3.63, 3.8) is 0 Å². The first-order valence-corrected chi connectivity index (χ1v) is 8.77. The van der Waals surface area contributed by atoms with E-state index in [0.29, 0.717) is 18.5 Å². The van der Waals surface area contributed by atoms with Crippen LogP contribution in [0.5, 0.6) is 5.75 Å². The third kappa shape index (κ3) is 3.99. The van der Waals surface area contributed by atoms with Crippen molar-refractivity contribution in [1.29, 1.82) is 0 Å². The van der Waals surface area contributed by atoms with Gasteiger partial charge in [-0.2, -0.15) is 0 Å². The molecule has 1 aliphatic carbocycles. The number of amides is 2. The van der Waals surface area contributed by atoms with Crippen molar-refractivity contribution < 1.29 is 9.53 Å². The second-order valence-electron chi connectivity index (χ2n) is 6.74. The summed E-state index contributed by atoms with van der Waals surface area (Å²) in [7, 11) is 1.67. The molecule has 3 rings (SSSR count). The number of ether oxygens (including phenoxy) is 1. The highest BCUT2D eigenvalue weighted by Crippen LogP contribution is 2.24. The fraction of sp³-hybridized carbons (Fsp3) is 0.450. The first-order chi connectivity index (χ1) is 11.7. The Hall–Kier alpha value is -2.23. The van der Waals surface area contributed by atoms with E-state index in [1.54, 1.807) is 7.11 Å². The first kappa shape index (κ1) is 16.6. The summed E-state index contributed by atoms with van der Waals surface area (Å²) >= 11 is 0. The average Bonchev–Trinajstić information content (AvgIpc) is 2.61. The van der Waals surface area contributed by atoms with Gasteiger partial charge in [-0.05, 0) is 53.3 Å². The zero-order valence-electron chi connectivity index (χ0n) is 14.5. The van der Waals surface area contributed by atoms with Crippen LogP contribution in [0.25, 0.3) is 10.8 Å². The predicted molar refractivity (Wildman–Crippen MR) is 97.3 cm³/mol. The van der Waals surface area contributed by atoms with Crippen LogP contribution in [0.2, 0.25) is 0 Å². The molecule has 0 aliphatic heterocycles.